The third kappa shape index (κ3) is 4.26. The number of carbonyl (C=O) groups excluding carboxylic acids is 1. The molecular weight excluding hydrogens is 380 g/mol. The summed E-state index contributed by atoms with van der Waals surface area (Å²) < 4.78 is 0. The van der Waals surface area contributed by atoms with E-state index in [1.54, 1.807) is 0 Å². The van der Waals surface area contributed by atoms with E-state index in [9.17, 15) is 4.79 Å². The third-order valence-electron chi connectivity index (χ3n) is 5.32. The first-order chi connectivity index (χ1) is 14.1. The number of para-hydroxylation sites is 1. The molecule has 1 aromatic heterocycles. The summed E-state index contributed by atoms with van der Waals surface area (Å²) in [5, 5.41) is 5.18. The Morgan fingerprint density at radius 1 is 0.931 bits per heavy atom. The molecule has 0 amide bonds. The van der Waals surface area contributed by atoms with Crippen LogP contribution in [0.2, 0.25) is 5.02 Å². The molecule has 0 aliphatic carbocycles. The lowest BCUT2D eigenvalue weighted by molar-refractivity contribution is 0.0944. The Kier molecular flexibility index (Phi) is 5.79. The van der Waals surface area contributed by atoms with E-state index in [1.807, 2.05) is 85.1 Å². The zero-order chi connectivity index (χ0) is 20.2. The van der Waals surface area contributed by atoms with Crippen LogP contribution in [0, 0.1) is 0 Å². The number of nitrogens with one attached hydrogen (secondary N) is 2. The van der Waals surface area contributed by atoms with E-state index in [4.69, 9.17) is 11.6 Å². The molecule has 0 aliphatic rings. The van der Waals surface area contributed by atoms with Crippen LogP contribution in [-0.2, 0) is 0 Å². The molecule has 0 fully saturated rings. The lowest BCUT2D eigenvalue weighted by atomic mass is 9.95. The van der Waals surface area contributed by atoms with Gasteiger partial charge in [0.25, 0.3) is 0 Å². The molecule has 146 valence electrons. The maximum absolute atomic E-state index is 13.5. The standard InChI is InChI=1S/C25H23ClN2O/c1-17(18-11-13-20(26)14-12-18)15-28-24(19-7-3-2-4-8-19)25(29)22-16-27-23-10-6-5-9-21(22)23/h2-14,16-17,24,27-28H,15H2,1H3/t17-,24?/m0/s1. The Hall–Kier alpha value is -2.88. The van der Waals surface area contributed by atoms with Crippen LogP contribution >= 0.6 is 11.6 Å². The first kappa shape index (κ1) is 19.4. The first-order valence-electron chi connectivity index (χ1n) is 9.77. The third-order valence-corrected chi connectivity index (χ3v) is 5.57. The van der Waals surface area contributed by atoms with Crippen molar-refractivity contribution in [2.75, 3.05) is 6.54 Å². The van der Waals surface area contributed by atoms with E-state index in [2.05, 4.69) is 17.2 Å². The average molecular weight is 403 g/mol. The van der Waals surface area contributed by atoms with E-state index in [1.165, 1.54) is 5.56 Å². The summed E-state index contributed by atoms with van der Waals surface area (Å²) in [5.41, 5.74) is 3.83. The molecule has 2 N–H and O–H groups in total. The Morgan fingerprint density at radius 3 is 2.38 bits per heavy atom. The number of Topliss-reactive ketones (excluding diaryl/α,β-unsaturated/α-hetero) is 1. The van der Waals surface area contributed by atoms with Crippen molar-refractivity contribution in [2.45, 2.75) is 18.9 Å². The minimum atomic E-state index is -0.412. The fourth-order valence-electron chi connectivity index (χ4n) is 3.64. The molecule has 1 unspecified atom stereocenters. The van der Waals surface area contributed by atoms with Crippen molar-refractivity contribution >= 4 is 28.3 Å². The maximum Gasteiger partial charge on any atom is 0.186 e. The molecule has 4 aromatic rings. The molecule has 0 spiro atoms. The summed E-state index contributed by atoms with van der Waals surface area (Å²) in [6.45, 7) is 2.82. The van der Waals surface area contributed by atoms with Gasteiger partial charge in [0.2, 0.25) is 0 Å². The smallest absolute Gasteiger partial charge is 0.186 e. The van der Waals surface area contributed by atoms with Gasteiger partial charge in [-0.3, -0.25) is 4.79 Å². The SMILES string of the molecule is C[C@@H](CNC(C(=O)c1c[nH]c2ccccc12)c1ccccc1)c1ccc(Cl)cc1. The van der Waals surface area contributed by atoms with Crippen molar-refractivity contribution in [1.29, 1.82) is 0 Å². The molecular formula is C25H23ClN2O. The van der Waals surface area contributed by atoms with Crippen molar-refractivity contribution in [3.05, 3.63) is 107 Å². The molecule has 3 nitrogen and oxygen atoms in total. The first-order valence-corrected chi connectivity index (χ1v) is 10.2. The van der Waals surface area contributed by atoms with Gasteiger partial charge in [-0.05, 0) is 35.2 Å². The largest absolute Gasteiger partial charge is 0.360 e. The van der Waals surface area contributed by atoms with Crippen LogP contribution in [0.3, 0.4) is 0 Å². The van der Waals surface area contributed by atoms with Gasteiger partial charge in [0.1, 0.15) is 0 Å². The van der Waals surface area contributed by atoms with Crippen LogP contribution in [0.4, 0.5) is 0 Å². The number of hydrogen-bond acceptors (Lipinski definition) is 2. The molecule has 4 rings (SSSR count). The van der Waals surface area contributed by atoms with Gasteiger partial charge >= 0.3 is 0 Å². The van der Waals surface area contributed by atoms with Crippen molar-refractivity contribution < 1.29 is 4.79 Å². The normalized spacial score (nSPS) is 13.3. The number of aromatic amines is 1. The Morgan fingerprint density at radius 2 is 1.62 bits per heavy atom. The second-order valence-electron chi connectivity index (χ2n) is 7.32. The number of H-pyrrole nitrogens is 1. The summed E-state index contributed by atoms with van der Waals surface area (Å²) in [7, 11) is 0. The molecule has 2 atom stereocenters. The van der Waals surface area contributed by atoms with Gasteiger partial charge in [-0.15, -0.1) is 0 Å². The maximum atomic E-state index is 13.5. The van der Waals surface area contributed by atoms with Crippen molar-refractivity contribution in [2.24, 2.45) is 0 Å². The van der Waals surface area contributed by atoms with Crippen molar-refractivity contribution in [3.8, 4) is 0 Å². The van der Waals surface area contributed by atoms with Crippen LogP contribution < -0.4 is 5.32 Å². The van der Waals surface area contributed by atoms with Crippen LogP contribution in [-0.4, -0.2) is 17.3 Å². The number of benzene rings is 3. The number of fused-ring (bicyclic) bond motifs is 1. The lowest BCUT2D eigenvalue weighted by Crippen LogP contribution is -2.31. The zero-order valence-electron chi connectivity index (χ0n) is 16.2. The van der Waals surface area contributed by atoms with Gasteiger partial charge in [0.05, 0.1) is 6.04 Å². The number of halogens is 1. The van der Waals surface area contributed by atoms with E-state index in [-0.39, 0.29) is 11.7 Å². The van der Waals surface area contributed by atoms with Crippen molar-refractivity contribution in [1.82, 2.24) is 10.3 Å². The number of aromatic nitrogens is 1. The van der Waals surface area contributed by atoms with E-state index < -0.39 is 6.04 Å². The minimum Gasteiger partial charge on any atom is -0.360 e. The van der Waals surface area contributed by atoms with Crippen LogP contribution in [0.5, 0.6) is 0 Å². The van der Waals surface area contributed by atoms with Crippen LogP contribution in [0.25, 0.3) is 10.9 Å². The number of rotatable bonds is 7. The molecule has 29 heavy (non-hydrogen) atoms. The minimum absolute atomic E-state index is 0.0666. The van der Waals surface area contributed by atoms with E-state index >= 15 is 0 Å². The molecule has 3 aromatic carbocycles. The molecule has 0 bridgehead atoms. The van der Waals surface area contributed by atoms with Crippen LogP contribution in [0.15, 0.2) is 85.1 Å². The quantitative estimate of drug-likeness (QED) is 0.365. The van der Waals surface area contributed by atoms with E-state index in [0.717, 1.165) is 21.5 Å². The summed E-state index contributed by atoms with van der Waals surface area (Å²) >= 11 is 6.01. The fraction of sp³-hybridized carbons (Fsp3) is 0.160. The van der Waals surface area contributed by atoms with Gasteiger partial charge in [-0.1, -0.05) is 79.2 Å². The summed E-state index contributed by atoms with van der Waals surface area (Å²) in [6, 6.07) is 25.3. The molecule has 1 heterocycles. The molecule has 0 radical (unpaired) electrons. The highest BCUT2D eigenvalue weighted by molar-refractivity contribution is 6.30. The number of hydrogen-bond donors (Lipinski definition) is 2. The summed E-state index contributed by atoms with van der Waals surface area (Å²) in [4.78, 5) is 16.7. The Balaban J connectivity index is 1.60. The Bertz CT molecular complexity index is 1100. The number of carbonyl (C=O) groups is 1. The second-order valence-corrected chi connectivity index (χ2v) is 7.75. The average Bonchev–Trinajstić information content (AvgIpc) is 3.19. The van der Waals surface area contributed by atoms with Gasteiger partial charge in [-0.2, -0.15) is 0 Å². The van der Waals surface area contributed by atoms with Gasteiger partial charge < -0.3 is 10.3 Å². The van der Waals surface area contributed by atoms with Crippen LogP contribution in [0.1, 0.15) is 40.4 Å². The lowest BCUT2D eigenvalue weighted by Gasteiger charge is -2.21. The highest BCUT2D eigenvalue weighted by Crippen LogP contribution is 2.26. The van der Waals surface area contributed by atoms with Gasteiger partial charge in [0, 0.05) is 34.2 Å². The summed E-state index contributed by atoms with van der Waals surface area (Å²) in [5.74, 6) is 0.311. The summed E-state index contributed by atoms with van der Waals surface area (Å²) in [6.07, 6.45) is 1.81. The molecule has 0 aliphatic heterocycles. The highest BCUT2D eigenvalue weighted by Gasteiger charge is 2.24. The zero-order valence-corrected chi connectivity index (χ0v) is 17.0. The second kappa shape index (κ2) is 8.64. The van der Waals surface area contributed by atoms with Gasteiger partial charge in [-0.25, -0.2) is 0 Å². The predicted octanol–water partition coefficient (Wildman–Crippen LogP) is 6.14. The highest BCUT2D eigenvalue weighted by atomic mass is 35.5. The Labute approximate surface area is 175 Å². The van der Waals surface area contributed by atoms with Crippen molar-refractivity contribution in [3.63, 3.8) is 0 Å². The topological polar surface area (TPSA) is 44.9 Å². The molecule has 0 saturated heterocycles. The predicted molar refractivity (Wildman–Crippen MR) is 120 cm³/mol. The molecule has 0 saturated carbocycles. The fourth-order valence-corrected chi connectivity index (χ4v) is 3.77. The van der Waals surface area contributed by atoms with Gasteiger partial charge in [0.15, 0.2) is 5.78 Å². The number of ketones is 1. The molecule has 4 heteroatoms. The monoisotopic (exact) mass is 402 g/mol. The van der Waals surface area contributed by atoms with E-state index in [0.29, 0.717) is 12.1 Å².